The molecule has 19 heavy (non-hydrogen) atoms. The van der Waals surface area contributed by atoms with Gasteiger partial charge in [0.2, 0.25) is 5.78 Å². The van der Waals surface area contributed by atoms with Crippen LogP contribution in [-0.4, -0.2) is 5.78 Å². The van der Waals surface area contributed by atoms with Gasteiger partial charge in [-0.3, -0.25) is 4.79 Å². The van der Waals surface area contributed by atoms with Gasteiger partial charge in [0.25, 0.3) is 0 Å². The zero-order valence-electron chi connectivity index (χ0n) is 11.2. The fourth-order valence-corrected chi connectivity index (χ4v) is 3.92. The molecule has 1 aliphatic rings. The number of benzene rings is 1. The minimum absolute atomic E-state index is 0.182. The van der Waals surface area contributed by atoms with Gasteiger partial charge in [-0.05, 0) is 50.3 Å². The van der Waals surface area contributed by atoms with E-state index in [1.807, 2.05) is 31.2 Å². The Morgan fingerprint density at radius 3 is 2.79 bits per heavy atom. The van der Waals surface area contributed by atoms with Crippen molar-refractivity contribution in [3.05, 3.63) is 56.8 Å². The average Bonchev–Trinajstić information content (AvgIpc) is 2.69. The summed E-state index contributed by atoms with van der Waals surface area (Å²) in [4.78, 5) is 14.9. The molecule has 0 saturated carbocycles. The Balaban J connectivity index is 1.92. The first-order valence-corrected chi connectivity index (χ1v) is 7.78. The van der Waals surface area contributed by atoms with Gasteiger partial charge in [0, 0.05) is 10.4 Å². The first-order chi connectivity index (χ1) is 9.24. The smallest absolute Gasteiger partial charge is 0.202 e. The van der Waals surface area contributed by atoms with Crippen molar-refractivity contribution < 1.29 is 4.79 Å². The lowest BCUT2D eigenvalue weighted by Gasteiger charge is -1.99. The molecule has 3 rings (SSSR count). The van der Waals surface area contributed by atoms with Crippen LogP contribution in [0.25, 0.3) is 0 Å². The number of aryl methyl sites for hydroxylation is 3. The van der Waals surface area contributed by atoms with Crippen LogP contribution in [0, 0.1) is 6.92 Å². The molecule has 0 amide bonds. The molecule has 2 heteroatoms. The van der Waals surface area contributed by atoms with Crippen molar-refractivity contribution in [1.82, 2.24) is 0 Å². The molecule has 0 atom stereocenters. The van der Waals surface area contributed by atoms with Crippen molar-refractivity contribution >= 4 is 17.1 Å². The molecule has 0 fully saturated rings. The number of thiophene rings is 1. The summed E-state index contributed by atoms with van der Waals surface area (Å²) in [5.41, 5.74) is 3.37. The maximum atomic E-state index is 12.5. The van der Waals surface area contributed by atoms with E-state index in [0.717, 1.165) is 28.8 Å². The Morgan fingerprint density at radius 2 is 1.95 bits per heavy atom. The zero-order chi connectivity index (χ0) is 13.2. The maximum Gasteiger partial charge on any atom is 0.202 e. The normalized spacial score (nSPS) is 14.8. The highest BCUT2D eigenvalue weighted by Crippen LogP contribution is 2.30. The summed E-state index contributed by atoms with van der Waals surface area (Å²) >= 11 is 1.71. The quantitative estimate of drug-likeness (QED) is 0.577. The molecule has 0 aliphatic heterocycles. The van der Waals surface area contributed by atoms with E-state index < -0.39 is 0 Å². The van der Waals surface area contributed by atoms with Gasteiger partial charge in [0.05, 0.1) is 4.88 Å². The van der Waals surface area contributed by atoms with Crippen LogP contribution in [0.15, 0.2) is 30.3 Å². The van der Waals surface area contributed by atoms with E-state index in [4.69, 9.17) is 0 Å². The monoisotopic (exact) mass is 270 g/mol. The molecule has 98 valence electrons. The van der Waals surface area contributed by atoms with Gasteiger partial charge < -0.3 is 0 Å². The Morgan fingerprint density at radius 1 is 1.11 bits per heavy atom. The molecule has 0 saturated heterocycles. The molecular formula is C17H18OS. The Hall–Kier alpha value is -1.41. The van der Waals surface area contributed by atoms with Gasteiger partial charge in [0.15, 0.2) is 0 Å². The molecule has 1 aromatic carbocycles. The Kier molecular flexibility index (Phi) is 3.52. The van der Waals surface area contributed by atoms with Gasteiger partial charge in [0.1, 0.15) is 0 Å². The molecule has 0 radical (unpaired) electrons. The zero-order valence-corrected chi connectivity index (χ0v) is 12.1. The lowest BCUT2D eigenvalue weighted by atomic mass is 10.1. The fraction of sp³-hybridized carbons (Fsp3) is 0.353. The number of ketones is 1. The van der Waals surface area contributed by atoms with E-state index in [0.29, 0.717) is 0 Å². The van der Waals surface area contributed by atoms with Crippen LogP contribution in [0.1, 0.15) is 50.5 Å². The van der Waals surface area contributed by atoms with E-state index in [1.165, 1.54) is 29.7 Å². The Bertz CT molecular complexity index is 586. The van der Waals surface area contributed by atoms with E-state index >= 15 is 0 Å². The van der Waals surface area contributed by atoms with Crippen LogP contribution in [0.5, 0.6) is 0 Å². The van der Waals surface area contributed by atoms with Crippen molar-refractivity contribution in [1.29, 1.82) is 0 Å². The van der Waals surface area contributed by atoms with Crippen molar-refractivity contribution in [2.24, 2.45) is 0 Å². The first kappa shape index (κ1) is 12.6. The number of hydrogen-bond donors (Lipinski definition) is 0. The molecule has 1 aliphatic carbocycles. The van der Waals surface area contributed by atoms with Gasteiger partial charge in [-0.15, -0.1) is 11.3 Å². The number of fused-ring (bicyclic) bond motifs is 1. The summed E-state index contributed by atoms with van der Waals surface area (Å²) < 4.78 is 0. The lowest BCUT2D eigenvalue weighted by molar-refractivity contribution is 0.104. The van der Waals surface area contributed by atoms with Crippen molar-refractivity contribution in [3.8, 4) is 0 Å². The molecule has 0 N–H and O–H groups in total. The van der Waals surface area contributed by atoms with Crippen LogP contribution in [0.4, 0.5) is 0 Å². The summed E-state index contributed by atoms with van der Waals surface area (Å²) in [7, 11) is 0. The van der Waals surface area contributed by atoms with Crippen LogP contribution >= 0.6 is 11.3 Å². The summed E-state index contributed by atoms with van der Waals surface area (Å²) in [6.45, 7) is 2.03. The molecule has 1 nitrogen and oxygen atoms in total. The van der Waals surface area contributed by atoms with Crippen LogP contribution in [0.3, 0.4) is 0 Å². The summed E-state index contributed by atoms with van der Waals surface area (Å²) in [5.74, 6) is 0.182. The van der Waals surface area contributed by atoms with Gasteiger partial charge in [-0.1, -0.05) is 30.2 Å². The minimum Gasteiger partial charge on any atom is -0.288 e. The largest absolute Gasteiger partial charge is 0.288 e. The van der Waals surface area contributed by atoms with Crippen LogP contribution < -0.4 is 0 Å². The third-order valence-electron chi connectivity index (χ3n) is 3.75. The third kappa shape index (κ3) is 2.64. The van der Waals surface area contributed by atoms with E-state index in [1.54, 1.807) is 11.3 Å². The number of rotatable bonds is 2. The molecule has 1 aromatic heterocycles. The standard InChI is InChI=1S/C17H18OS/c1-12-6-5-8-14(10-12)17(18)16-11-13-7-3-2-4-9-15(13)19-16/h5-6,8,10-11H,2-4,7,9H2,1H3. The highest BCUT2D eigenvalue weighted by molar-refractivity contribution is 7.14. The predicted molar refractivity (Wildman–Crippen MR) is 80.2 cm³/mol. The number of carbonyl (C=O) groups excluding carboxylic acids is 1. The predicted octanol–water partition coefficient (Wildman–Crippen LogP) is 4.56. The topological polar surface area (TPSA) is 17.1 Å². The Labute approximate surface area is 118 Å². The molecular weight excluding hydrogens is 252 g/mol. The van der Waals surface area contributed by atoms with Crippen molar-refractivity contribution in [2.45, 2.75) is 39.0 Å². The SMILES string of the molecule is Cc1cccc(C(=O)c2cc3c(s2)CCCCC3)c1. The first-order valence-electron chi connectivity index (χ1n) is 6.97. The maximum absolute atomic E-state index is 12.5. The van der Waals surface area contributed by atoms with Gasteiger partial charge in [-0.25, -0.2) is 0 Å². The van der Waals surface area contributed by atoms with Gasteiger partial charge >= 0.3 is 0 Å². The van der Waals surface area contributed by atoms with E-state index in [9.17, 15) is 4.79 Å². The summed E-state index contributed by atoms with van der Waals surface area (Å²) in [5, 5.41) is 0. The van der Waals surface area contributed by atoms with Crippen molar-refractivity contribution in [3.63, 3.8) is 0 Å². The molecule has 0 spiro atoms. The van der Waals surface area contributed by atoms with Crippen LogP contribution in [-0.2, 0) is 12.8 Å². The second-order valence-electron chi connectivity index (χ2n) is 5.32. The highest BCUT2D eigenvalue weighted by Gasteiger charge is 2.17. The fourth-order valence-electron chi connectivity index (χ4n) is 2.71. The van der Waals surface area contributed by atoms with Gasteiger partial charge in [-0.2, -0.15) is 0 Å². The number of carbonyl (C=O) groups is 1. The van der Waals surface area contributed by atoms with E-state index in [2.05, 4.69) is 6.07 Å². The van der Waals surface area contributed by atoms with E-state index in [-0.39, 0.29) is 5.78 Å². The number of hydrogen-bond acceptors (Lipinski definition) is 2. The molecule has 1 heterocycles. The molecule has 2 aromatic rings. The summed E-state index contributed by atoms with van der Waals surface area (Å²) in [6, 6.07) is 10.0. The lowest BCUT2D eigenvalue weighted by Crippen LogP contribution is -1.98. The highest BCUT2D eigenvalue weighted by atomic mass is 32.1. The van der Waals surface area contributed by atoms with Crippen LogP contribution in [0.2, 0.25) is 0 Å². The second kappa shape index (κ2) is 5.30. The summed E-state index contributed by atoms with van der Waals surface area (Å²) in [6.07, 6.45) is 6.16. The molecule has 0 unspecified atom stereocenters. The van der Waals surface area contributed by atoms with Crippen molar-refractivity contribution in [2.75, 3.05) is 0 Å². The third-order valence-corrected chi connectivity index (χ3v) is 4.99. The molecule has 0 bridgehead atoms. The average molecular weight is 270 g/mol. The minimum atomic E-state index is 0.182. The second-order valence-corrected chi connectivity index (χ2v) is 6.46.